The van der Waals surface area contributed by atoms with E-state index in [4.69, 9.17) is 0 Å². The predicted octanol–water partition coefficient (Wildman–Crippen LogP) is 2.21. The van der Waals surface area contributed by atoms with Crippen molar-refractivity contribution in [2.75, 3.05) is 6.54 Å². The quantitative estimate of drug-likeness (QED) is 0.908. The summed E-state index contributed by atoms with van der Waals surface area (Å²) in [7, 11) is 0. The van der Waals surface area contributed by atoms with Gasteiger partial charge in [0.05, 0.1) is 12.0 Å². The number of halogens is 1. The normalized spacial score (nSPS) is 22.8. The van der Waals surface area contributed by atoms with Gasteiger partial charge in [-0.2, -0.15) is 0 Å². The number of carbonyl (C=O) groups excluding carboxylic acids is 1. The van der Waals surface area contributed by atoms with Gasteiger partial charge in [-0.15, -0.1) is 0 Å². The van der Waals surface area contributed by atoms with E-state index < -0.39 is 17.9 Å². The number of hydrogen-bond acceptors (Lipinski definition) is 2. The number of nitrogens with zero attached hydrogens (tertiary/aromatic N) is 1. The van der Waals surface area contributed by atoms with Crippen LogP contribution in [0.4, 0.5) is 4.39 Å². The molecule has 1 heterocycles. The highest BCUT2D eigenvalue weighted by atomic mass is 19.1. The Morgan fingerprint density at radius 1 is 1.42 bits per heavy atom. The molecule has 0 bridgehead atoms. The predicted molar refractivity (Wildman–Crippen MR) is 66.9 cm³/mol. The van der Waals surface area contributed by atoms with Gasteiger partial charge in [-0.1, -0.05) is 19.1 Å². The Kier molecular flexibility index (Phi) is 3.83. The van der Waals surface area contributed by atoms with Crippen molar-refractivity contribution in [1.82, 2.24) is 4.90 Å². The van der Waals surface area contributed by atoms with E-state index in [0.717, 1.165) is 6.42 Å². The van der Waals surface area contributed by atoms with Gasteiger partial charge in [0.1, 0.15) is 5.82 Å². The Hall–Kier alpha value is -1.91. The number of amides is 1. The van der Waals surface area contributed by atoms with Crippen molar-refractivity contribution in [3.05, 3.63) is 35.6 Å². The summed E-state index contributed by atoms with van der Waals surface area (Å²) < 4.78 is 13.0. The molecule has 1 N–H and O–H groups in total. The van der Waals surface area contributed by atoms with Crippen LogP contribution in [0.3, 0.4) is 0 Å². The van der Waals surface area contributed by atoms with Crippen molar-refractivity contribution in [1.29, 1.82) is 0 Å². The highest BCUT2D eigenvalue weighted by molar-refractivity contribution is 5.87. The summed E-state index contributed by atoms with van der Waals surface area (Å²) in [6.45, 7) is 2.45. The van der Waals surface area contributed by atoms with Gasteiger partial charge < -0.3 is 10.0 Å². The third-order valence-electron chi connectivity index (χ3n) is 3.43. The molecule has 0 saturated carbocycles. The average Bonchev–Trinajstić information content (AvgIpc) is 2.69. The summed E-state index contributed by atoms with van der Waals surface area (Å²) in [6.07, 6.45) is 0.771. The molecule has 0 unspecified atom stereocenters. The van der Waals surface area contributed by atoms with E-state index in [2.05, 4.69) is 0 Å². The van der Waals surface area contributed by atoms with E-state index in [1.54, 1.807) is 17.0 Å². The Balaban J connectivity index is 2.37. The van der Waals surface area contributed by atoms with Gasteiger partial charge in [-0.05, 0) is 24.1 Å². The first-order valence-electron chi connectivity index (χ1n) is 6.32. The molecule has 0 aliphatic carbocycles. The molecule has 2 atom stereocenters. The van der Waals surface area contributed by atoms with Gasteiger partial charge in [-0.3, -0.25) is 9.59 Å². The molecular weight excluding hydrogens is 249 g/mol. The van der Waals surface area contributed by atoms with Crippen LogP contribution in [0.15, 0.2) is 24.3 Å². The maximum atomic E-state index is 13.0. The van der Waals surface area contributed by atoms with Crippen molar-refractivity contribution in [2.24, 2.45) is 5.92 Å². The van der Waals surface area contributed by atoms with Crippen LogP contribution in [-0.4, -0.2) is 28.4 Å². The summed E-state index contributed by atoms with van der Waals surface area (Å²) in [6, 6.07) is 5.20. The van der Waals surface area contributed by atoms with Gasteiger partial charge in [0.2, 0.25) is 5.91 Å². The zero-order chi connectivity index (χ0) is 14.0. The fraction of sp³-hybridized carbons (Fsp3) is 0.429. The fourth-order valence-corrected chi connectivity index (χ4v) is 2.59. The number of rotatable bonds is 4. The first-order valence-corrected chi connectivity index (χ1v) is 6.32. The van der Waals surface area contributed by atoms with Crippen molar-refractivity contribution in [2.45, 2.75) is 25.8 Å². The van der Waals surface area contributed by atoms with E-state index in [9.17, 15) is 19.1 Å². The lowest BCUT2D eigenvalue weighted by molar-refractivity contribution is -0.142. The minimum atomic E-state index is -0.985. The second-order valence-electron chi connectivity index (χ2n) is 4.73. The largest absolute Gasteiger partial charge is 0.481 e. The van der Waals surface area contributed by atoms with Crippen LogP contribution in [0.1, 0.15) is 31.4 Å². The molecule has 0 spiro atoms. The van der Waals surface area contributed by atoms with E-state index in [1.165, 1.54) is 12.1 Å². The lowest BCUT2D eigenvalue weighted by Gasteiger charge is -2.27. The molecule has 5 heteroatoms. The van der Waals surface area contributed by atoms with Crippen molar-refractivity contribution < 1.29 is 19.1 Å². The van der Waals surface area contributed by atoms with Gasteiger partial charge in [-0.25, -0.2) is 4.39 Å². The zero-order valence-electron chi connectivity index (χ0n) is 10.7. The molecule has 1 fully saturated rings. The average molecular weight is 265 g/mol. The zero-order valence-corrected chi connectivity index (χ0v) is 10.7. The summed E-state index contributed by atoms with van der Waals surface area (Å²) >= 11 is 0. The number of benzene rings is 1. The Morgan fingerprint density at radius 3 is 2.58 bits per heavy atom. The second kappa shape index (κ2) is 5.38. The molecule has 19 heavy (non-hydrogen) atoms. The number of carboxylic acids is 1. The molecule has 2 rings (SSSR count). The maximum Gasteiger partial charge on any atom is 0.309 e. The number of carboxylic acid groups (broad SMARTS) is 1. The van der Waals surface area contributed by atoms with Crippen molar-refractivity contribution in [3.63, 3.8) is 0 Å². The van der Waals surface area contributed by atoms with Crippen LogP contribution < -0.4 is 0 Å². The molecular formula is C14H16FNO3. The highest BCUT2D eigenvalue weighted by Gasteiger charge is 2.44. The summed E-state index contributed by atoms with van der Waals surface area (Å²) in [4.78, 5) is 24.8. The van der Waals surface area contributed by atoms with Gasteiger partial charge in [0, 0.05) is 13.0 Å². The van der Waals surface area contributed by atoms with E-state index in [0.29, 0.717) is 12.1 Å². The molecule has 4 nitrogen and oxygen atoms in total. The third kappa shape index (κ3) is 2.59. The highest BCUT2D eigenvalue weighted by Crippen LogP contribution is 2.38. The lowest BCUT2D eigenvalue weighted by atomic mass is 9.93. The number of carbonyl (C=O) groups is 2. The molecule has 1 aromatic carbocycles. The second-order valence-corrected chi connectivity index (χ2v) is 4.73. The van der Waals surface area contributed by atoms with E-state index >= 15 is 0 Å². The van der Waals surface area contributed by atoms with Gasteiger partial charge in [0.25, 0.3) is 0 Å². The monoisotopic (exact) mass is 265 g/mol. The number of hydrogen-bond donors (Lipinski definition) is 1. The SMILES string of the molecule is CCCN1C(=O)C[C@H](C(=O)O)[C@H]1c1ccc(F)cc1. The van der Waals surface area contributed by atoms with Crippen LogP contribution in [0.5, 0.6) is 0 Å². The smallest absolute Gasteiger partial charge is 0.309 e. The van der Waals surface area contributed by atoms with Gasteiger partial charge >= 0.3 is 5.97 Å². The van der Waals surface area contributed by atoms with Gasteiger partial charge in [0.15, 0.2) is 0 Å². The summed E-state index contributed by atoms with van der Waals surface area (Å²) in [5.41, 5.74) is 0.674. The Labute approximate surface area is 110 Å². The number of likely N-dealkylation sites (tertiary alicyclic amines) is 1. The topological polar surface area (TPSA) is 57.6 Å². The first-order chi connectivity index (χ1) is 9.04. The number of aliphatic carboxylic acids is 1. The molecule has 0 radical (unpaired) electrons. The molecule has 1 amide bonds. The summed E-state index contributed by atoms with van der Waals surface area (Å²) in [5, 5.41) is 9.25. The van der Waals surface area contributed by atoms with Crippen molar-refractivity contribution >= 4 is 11.9 Å². The van der Waals surface area contributed by atoms with Crippen LogP contribution >= 0.6 is 0 Å². The molecule has 102 valence electrons. The van der Waals surface area contributed by atoms with Crippen LogP contribution in [-0.2, 0) is 9.59 Å². The Bertz CT molecular complexity index is 486. The van der Waals surface area contributed by atoms with Crippen LogP contribution in [0.25, 0.3) is 0 Å². The standard InChI is InChI=1S/C14H16FNO3/c1-2-7-16-12(17)8-11(14(18)19)13(16)9-3-5-10(15)6-4-9/h3-6,11,13H,2,7-8H2,1H3,(H,18,19)/t11-,13+/m0/s1. The van der Waals surface area contributed by atoms with Crippen LogP contribution in [0, 0.1) is 11.7 Å². The Morgan fingerprint density at radius 2 is 2.05 bits per heavy atom. The fourth-order valence-electron chi connectivity index (χ4n) is 2.59. The molecule has 1 aliphatic rings. The summed E-state index contributed by atoms with van der Waals surface area (Å²) in [5.74, 6) is -2.27. The first kappa shape index (κ1) is 13.5. The molecule has 1 saturated heterocycles. The third-order valence-corrected chi connectivity index (χ3v) is 3.43. The lowest BCUT2D eigenvalue weighted by Crippen LogP contribution is -2.31. The minimum absolute atomic E-state index is 0.0113. The molecule has 1 aromatic rings. The molecule has 0 aromatic heterocycles. The van der Waals surface area contributed by atoms with E-state index in [-0.39, 0.29) is 18.1 Å². The van der Waals surface area contributed by atoms with E-state index in [1.807, 2.05) is 6.92 Å². The minimum Gasteiger partial charge on any atom is -0.481 e. The maximum absolute atomic E-state index is 13.0. The van der Waals surface area contributed by atoms with Crippen LogP contribution in [0.2, 0.25) is 0 Å². The van der Waals surface area contributed by atoms with Crippen molar-refractivity contribution in [3.8, 4) is 0 Å². The molecule has 1 aliphatic heterocycles.